The second-order valence-corrected chi connectivity index (χ2v) is 9.09. The third-order valence-electron chi connectivity index (χ3n) is 6.67. The van der Waals surface area contributed by atoms with Crippen LogP contribution in [0.4, 0.5) is 0 Å². The smallest absolute Gasteiger partial charge is 0.328 e. The van der Waals surface area contributed by atoms with Gasteiger partial charge in [0.15, 0.2) is 34.3 Å². The predicted octanol–water partition coefficient (Wildman–Crippen LogP) is 5.06. The average Bonchev–Trinajstić information content (AvgIpc) is 3.48. The van der Waals surface area contributed by atoms with Crippen LogP contribution >= 0.6 is 0 Å². The predicted molar refractivity (Wildman–Crippen MR) is 158 cm³/mol. The van der Waals surface area contributed by atoms with Gasteiger partial charge in [0.1, 0.15) is 11.8 Å². The van der Waals surface area contributed by atoms with Crippen LogP contribution in [0.2, 0.25) is 0 Å². The Labute approximate surface area is 243 Å². The van der Waals surface area contributed by atoms with E-state index in [0.29, 0.717) is 45.7 Å². The number of carbonyl (C=O) groups is 2. The van der Waals surface area contributed by atoms with Crippen LogP contribution in [0.25, 0.3) is 28.4 Å². The first kappa shape index (κ1) is 29.9. The van der Waals surface area contributed by atoms with Crippen molar-refractivity contribution < 1.29 is 42.4 Å². The Hall–Kier alpha value is -5.12. The number of rotatable bonds is 12. The quantitative estimate of drug-likeness (QED) is 0.183. The zero-order valence-corrected chi connectivity index (χ0v) is 24.3. The van der Waals surface area contributed by atoms with Crippen LogP contribution in [0.1, 0.15) is 11.1 Å². The number of carbonyl (C=O) groups excluding carboxylic acids is 2. The van der Waals surface area contributed by atoms with E-state index >= 15 is 0 Å². The number of benzene rings is 3. The van der Waals surface area contributed by atoms with Gasteiger partial charge in [-0.2, -0.15) is 0 Å². The standard InChI is InChI=1S/C32H33NO9/c1-36-24-11-7-19(16-28(24)39-4)15-23(32(35)41-6)33-30(34)14-10-20-8-13-26(38-3)31-22(20)18-27(42-31)21-9-12-25(37-2)29(17-21)40-5/h7-14,16-18,23H,15H2,1-6H3,(H,33,34)/b14-10+/t23-/m1/s1. The van der Waals surface area contributed by atoms with Gasteiger partial charge in [0, 0.05) is 23.4 Å². The van der Waals surface area contributed by atoms with Gasteiger partial charge < -0.3 is 38.2 Å². The first-order valence-electron chi connectivity index (χ1n) is 13.0. The van der Waals surface area contributed by atoms with E-state index in [2.05, 4.69) is 5.32 Å². The van der Waals surface area contributed by atoms with Gasteiger partial charge in [0.25, 0.3) is 0 Å². The fourth-order valence-corrected chi connectivity index (χ4v) is 4.52. The van der Waals surface area contributed by atoms with Crippen molar-refractivity contribution in [1.29, 1.82) is 0 Å². The molecule has 0 unspecified atom stereocenters. The van der Waals surface area contributed by atoms with Crippen LogP contribution in [-0.2, 0) is 20.7 Å². The number of methoxy groups -OCH3 is 6. The van der Waals surface area contributed by atoms with Crippen molar-refractivity contribution in [3.8, 4) is 40.1 Å². The van der Waals surface area contributed by atoms with Crippen LogP contribution in [0.15, 0.2) is 65.1 Å². The molecule has 0 aliphatic heterocycles. The molecule has 0 spiro atoms. The molecule has 1 aromatic heterocycles. The lowest BCUT2D eigenvalue weighted by atomic mass is 10.0. The van der Waals surface area contributed by atoms with Crippen molar-refractivity contribution in [3.63, 3.8) is 0 Å². The molecule has 1 atom stereocenters. The Bertz CT molecular complexity index is 1610. The maximum Gasteiger partial charge on any atom is 0.328 e. The summed E-state index contributed by atoms with van der Waals surface area (Å²) in [6.07, 6.45) is 3.19. The minimum absolute atomic E-state index is 0.190. The summed E-state index contributed by atoms with van der Waals surface area (Å²) in [6.45, 7) is 0. The molecule has 42 heavy (non-hydrogen) atoms. The minimum Gasteiger partial charge on any atom is -0.493 e. The maximum atomic E-state index is 13.0. The third-order valence-corrected chi connectivity index (χ3v) is 6.67. The first-order chi connectivity index (χ1) is 20.3. The van der Waals surface area contributed by atoms with E-state index in [1.165, 1.54) is 20.3 Å². The van der Waals surface area contributed by atoms with Crippen molar-refractivity contribution in [2.45, 2.75) is 12.5 Å². The SMILES string of the molecule is COC(=O)[C@@H](Cc1ccc(OC)c(OC)c1)NC(=O)/C=C/c1ccc(OC)c2oc(-c3ccc(OC)c(OC)c3)cc12. The third kappa shape index (κ3) is 6.43. The number of hydrogen-bond acceptors (Lipinski definition) is 9. The fraction of sp³-hybridized carbons (Fsp3) is 0.250. The second-order valence-electron chi connectivity index (χ2n) is 9.09. The van der Waals surface area contributed by atoms with Crippen LogP contribution < -0.4 is 29.0 Å². The van der Waals surface area contributed by atoms with E-state index < -0.39 is 17.9 Å². The lowest BCUT2D eigenvalue weighted by Gasteiger charge is -2.16. The van der Waals surface area contributed by atoms with Gasteiger partial charge in [0.05, 0.1) is 42.7 Å². The Morgan fingerprint density at radius 3 is 2.02 bits per heavy atom. The van der Waals surface area contributed by atoms with Crippen LogP contribution in [0.3, 0.4) is 0 Å². The van der Waals surface area contributed by atoms with Gasteiger partial charge in [-0.05, 0) is 59.7 Å². The van der Waals surface area contributed by atoms with Crippen molar-refractivity contribution in [1.82, 2.24) is 5.32 Å². The van der Waals surface area contributed by atoms with Crippen LogP contribution in [0, 0.1) is 0 Å². The molecule has 0 fully saturated rings. The molecule has 10 heteroatoms. The van der Waals surface area contributed by atoms with Crippen molar-refractivity contribution in [2.24, 2.45) is 0 Å². The first-order valence-corrected chi connectivity index (χ1v) is 13.0. The highest BCUT2D eigenvalue weighted by Gasteiger charge is 2.22. The zero-order chi connectivity index (χ0) is 30.2. The second kappa shape index (κ2) is 13.5. The van der Waals surface area contributed by atoms with Gasteiger partial charge in [-0.15, -0.1) is 0 Å². The van der Waals surface area contributed by atoms with Crippen molar-refractivity contribution in [3.05, 3.63) is 71.8 Å². The monoisotopic (exact) mass is 575 g/mol. The summed E-state index contributed by atoms with van der Waals surface area (Å²) in [5, 5.41) is 3.47. The Morgan fingerprint density at radius 1 is 0.762 bits per heavy atom. The van der Waals surface area contributed by atoms with E-state index in [4.69, 9.17) is 32.8 Å². The van der Waals surface area contributed by atoms with E-state index in [1.54, 1.807) is 64.8 Å². The zero-order valence-electron chi connectivity index (χ0n) is 24.3. The summed E-state index contributed by atoms with van der Waals surface area (Å²) < 4.78 is 38.0. The van der Waals surface area contributed by atoms with E-state index in [-0.39, 0.29) is 6.42 Å². The van der Waals surface area contributed by atoms with Gasteiger partial charge in [-0.1, -0.05) is 12.1 Å². The molecule has 3 aromatic carbocycles. The molecule has 1 amide bonds. The summed E-state index contributed by atoms with van der Waals surface area (Å²) in [5.74, 6) is 2.30. The van der Waals surface area contributed by atoms with Crippen molar-refractivity contribution >= 4 is 28.9 Å². The lowest BCUT2D eigenvalue weighted by Crippen LogP contribution is -2.42. The van der Waals surface area contributed by atoms with Gasteiger partial charge in [0.2, 0.25) is 5.91 Å². The molecule has 0 aliphatic carbocycles. The topological polar surface area (TPSA) is 115 Å². The molecule has 4 rings (SSSR count). The summed E-state index contributed by atoms with van der Waals surface area (Å²) in [4.78, 5) is 25.5. The molecular weight excluding hydrogens is 542 g/mol. The molecule has 4 aromatic rings. The molecule has 0 saturated heterocycles. The highest BCUT2D eigenvalue weighted by Crippen LogP contribution is 2.38. The molecule has 220 valence electrons. The molecule has 1 heterocycles. The van der Waals surface area contributed by atoms with E-state index in [1.807, 2.05) is 24.3 Å². The van der Waals surface area contributed by atoms with Crippen LogP contribution in [-0.4, -0.2) is 60.6 Å². The molecule has 0 bridgehead atoms. The fourth-order valence-electron chi connectivity index (χ4n) is 4.52. The summed E-state index contributed by atoms with van der Waals surface area (Å²) in [7, 11) is 9.03. The number of amides is 1. The number of hydrogen-bond donors (Lipinski definition) is 1. The molecule has 0 radical (unpaired) electrons. The summed E-state index contributed by atoms with van der Waals surface area (Å²) in [5.41, 5.74) is 2.76. The molecule has 10 nitrogen and oxygen atoms in total. The number of nitrogens with one attached hydrogen (secondary N) is 1. The minimum atomic E-state index is -0.924. The Balaban J connectivity index is 1.59. The largest absolute Gasteiger partial charge is 0.493 e. The number of fused-ring (bicyclic) bond motifs is 1. The maximum absolute atomic E-state index is 13.0. The normalized spacial score (nSPS) is 11.7. The van der Waals surface area contributed by atoms with Gasteiger partial charge >= 0.3 is 5.97 Å². The van der Waals surface area contributed by atoms with Crippen LogP contribution in [0.5, 0.6) is 28.7 Å². The van der Waals surface area contributed by atoms with Crippen molar-refractivity contribution in [2.75, 3.05) is 42.7 Å². The highest BCUT2D eigenvalue weighted by molar-refractivity contribution is 5.99. The van der Waals surface area contributed by atoms with E-state index in [0.717, 1.165) is 16.5 Å². The number of esters is 1. The number of furan rings is 1. The molecular formula is C32H33NO9. The number of ether oxygens (including phenoxy) is 6. The van der Waals surface area contributed by atoms with Gasteiger partial charge in [-0.25, -0.2) is 4.79 Å². The lowest BCUT2D eigenvalue weighted by molar-refractivity contribution is -0.144. The molecule has 1 N–H and O–H groups in total. The Morgan fingerprint density at radius 2 is 1.38 bits per heavy atom. The summed E-state index contributed by atoms with van der Waals surface area (Å²) in [6, 6.07) is 15.3. The van der Waals surface area contributed by atoms with Gasteiger partial charge in [-0.3, -0.25) is 4.79 Å². The average molecular weight is 576 g/mol. The Kier molecular flexibility index (Phi) is 9.59. The molecule has 0 saturated carbocycles. The molecule has 0 aliphatic rings. The van der Waals surface area contributed by atoms with E-state index in [9.17, 15) is 9.59 Å². The highest BCUT2D eigenvalue weighted by atomic mass is 16.5. The summed E-state index contributed by atoms with van der Waals surface area (Å²) >= 11 is 0.